The molecule has 0 radical (unpaired) electrons. The lowest BCUT2D eigenvalue weighted by Crippen LogP contribution is -2.20. The van der Waals surface area contributed by atoms with Crippen LogP contribution in [-0.2, 0) is 16.2 Å². The van der Waals surface area contributed by atoms with Gasteiger partial charge in [-0.2, -0.15) is 5.10 Å². The zero-order chi connectivity index (χ0) is 21.9. The van der Waals surface area contributed by atoms with E-state index in [0.29, 0.717) is 18.0 Å². The molecule has 2 amide bonds. The molecule has 0 aliphatic carbocycles. The minimum Gasteiger partial charge on any atom is -0.488 e. The van der Waals surface area contributed by atoms with Gasteiger partial charge in [-0.3, -0.25) is 9.59 Å². The lowest BCUT2D eigenvalue weighted by molar-refractivity contribution is -0.124. The van der Waals surface area contributed by atoms with Crippen molar-refractivity contribution in [3.63, 3.8) is 0 Å². The fraction of sp³-hybridized carbons (Fsp3) is 0.125. The SMILES string of the molecule is O=C(CCC(=O)Nc1cccc(Br)c1)NN=Cc1ccccc1OCc1ccccc1. The summed E-state index contributed by atoms with van der Waals surface area (Å²) in [4.78, 5) is 24.0. The Morgan fingerprint density at radius 1 is 0.903 bits per heavy atom. The molecule has 0 saturated heterocycles. The zero-order valence-corrected chi connectivity index (χ0v) is 18.3. The number of hydrogen-bond acceptors (Lipinski definition) is 4. The van der Waals surface area contributed by atoms with Crippen LogP contribution in [0.5, 0.6) is 5.75 Å². The lowest BCUT2D eigenvalue weighted by atomic mass is 10.2. The van der Waals surface area contributed by atoms with Crippen molar-refractivity contribution in [1.29, 1.82) is 0 Å². The Morgan fingerprint density at radius 3 is 2.45 bits per heavy atom. The van der Waals surface area contributed by atoms with Gasteiger partial charge in [0.1, 0.15) is 12.4 Å². The second-order valence-electron chi connectivity index (χ2n) is 6.66. The molecule has 31 heavy (non-hydrogen) atoms. The molecule has 7 heteroatoms. The molecule has 0 spiro atoms. The van der Waals surface area contributed by atoms with E-state index in [9.17, 15) is 9.59 Å². The summed E-state index contributed by atoms with van der Waals surface area (Å²) in [5, 5.41) is 6.74. The maximum absolute atomic E-state index is 12.0. The number of hydrogen-bond donors (Lipinski definition) is 2. The van der Waals surface area contributed by atoms with Crippen LogP contribution in [0.1, 0.15) is 24.0 Å². The number of hydrazone groups is 1. The van der Waals surface area contributed by atoms with Crippen LogP contribution >= 0.6 is 15.9 Å². The number of halogens is 1. The van der Waals surface area contributed by atoms with E-state index in [0.717, 1.165) is 15.6 Å². The Balaban J connectivity index is 1.45. The average Bonchev–Trinajstić information content (AvgIpc) is 2.78. The van der Waals surface area contributed by atoms with Crippen molar-refractivity contribution in [3.05, 3.63) is 94.5 Å². The molecule has 0 saturated carbocycles. The number of anilines is 1. The number of rotatable bonds is 9. The van der Waals surface area contributed by atoms with E-state index < -0.39 is 0 Å². The highest BCUT2D eigenvalue weighted by atomic mass is 79.9. The van der Waals surface area contributed by atoms with Crippen molar-refractivity contribution in [2.75, 3.05) is 5.32 Å². The van der Waals surface area contributed by atoms with Gasteiger partial charge in [-0.25, -0.2) is 5.43 Å². The third-order valence-electron chi connectivity index (χ3n) is 4.24. The van der Waals surface area contributed by atoms with Crippen molar-refractivity contribution in [2.24, 2.45) is 5.10 Å². The van der Waals surface area contributed by atoms with Gasteiger partial charge < -0.3 is 10.1 Å². The minimum absolute atomic E-state index is 0.0311. The average molecular weight is 480 g/mol. The van der Waals surface area contributed by atoms with Crippen molar-refractivity contribution in [1.82, 2.24) is 5.43 Å². The number of nitrogens with zero attached hydrogens (tertiary/aromatic N) is 1. The first-order valence-electron chi connectivity index (χ1n) is 9.73. The summed E-state index contributed by atoms with van der Waals surface area (Å²) in [6.45, 7) is 0.436. The normalized spacial score (nSPS) is 10.6. The Morgan fingerprint density at radius 2 is 1.65 bits per heavy atom. The van der Waals surface area contributed by atoms with E-state index in [1.165, 1.54) is 6.21 Å². The molecule has 0 fully saturated rings. The van der Waals surface area contributed by atoms with Crippen molar-refractivity contribution in [2.45, 2.75) is 19.4 Å². The molecule has 0 aromatic heterocycles. The number of carbonyl (C=O) groups excluding carboxylic acids is 2. The van der Waals surface area contributed by atoms with Gasteiger partial charge in [-0.1, -0.05) is 64.5 Å². The van der Waals surface area contributed by atoms with Crippen LogP contribution in [0.15, 0.2) is 88.4 Å². The van der Waals surface area contributed by atoms with Crippen molar-refractivity contribution < 1.29 is 14.3 Å². The summed E-state index contributed by atoms with van der Waals surface area (Å²) in [5.41, 5.74) is 4.92. The third-order valence-corrected chi connectivity index (χ3v) is 4.73. The zero-order valence-electron chi connectivity index (χ0n) is 16.8. The molecular weight excluding hydrogens is 458 g/mol. The Hall–Kier alpha value is -3.45. The number of ether oxygens (including phenoxy) is 1. The predicted molar refractivity (Wildman–Crippen MR) is 125 cm³/mol. The van der Waals surface area contributed by atoms with Gasteiger partial charge in [0.05, 0.1) is 6.21 Å². The highest BCUT2D eigenvalue weighted by Gasteiger charge is 2.07. The number of nitrogens with one attached hydrogen (secondary N) is 2. The molecule has 3 aromatic carbocycles. The Labute approximate surface area is 189 Å². The van der Waals surface area contributed by atoms with E-state index in [1.807, 2.05) is 66.7 Å². The number of benzene rings is 3. The number of amides is 2. The first-order valence-corrected chi connectivity index (χ1v) is 10.5. The standard InChI is InChI=1S/C24H22BrN3O3/c25-20-10-6-11-21(15-20)27-23(29)13-14-24(30)28-26-16-19-9-4-5-12-22(19)31-17-18-7-2-1-3-8-18/h1-12,15-16H,13-14,17H2,(H,27,29)(H,28,30). The third kappa shape index (κ3) is 7.71. The van der Waals surface area contributed by atoms with Gasteiger partial charge in [0.15, 0.2) is 0 Å². The van der Waals surface area contributed by atoms with E-state index in [-0.39, 0.29) is 24.7 Å². The molecule has 2 N–H and O–H groups in total. The Bertz CT molecular complexity index is 1050. The maximum Gasteiger partial charge on any atom is 0.240 e. The quantitative estimate of drug-likeness (QED) is 0.338. The summed E-state index contributed by atoms with van der Waals surface area (Å²) in [6, 6.07) is 24.6. The second kappa shape index (κ2) is 11.7. The molecule has 0 aliphatic heterocycles. The Kier molecular flexibility index (Phi) is 8.37. The monoisotopic (exact) mass is 479 g/mol. The highest BCUT2D eigenvalue weighted by Crippen LogP contribution is 2.18. The summed E-state index contributed by atoms with van der Waals surface area (Å²) in [6.07, 6.45) is 1.62. The van der Waals surface area contributed by atoms with Gasteiger partial charge in [-0.05, 0) is 35.9 Å². The minimum atomic E-state index is -0.344. The van der Waals surface area contributed by atoms with Crippen LogP contribution in [0.2, 0.25) is 0 Å². The van der Waals surface area contributed by atoms with Gasteiger partial charge in [0.2, 0.25) is 11.8 Å². The van der Waals surface area contributed by atoms with Crippen molar-refractivity contribution >= 4 is 39.6 Å². The van der Waals surface area contributed by atoms with Gasteiger partial charge >= 0.3 is 0 Å². The summed E-state index contributed by atoms with van der Waals surface area (Å²) in [5.74, 6) is 0.0815. The van der Waals surface area contributed by atoms with E-state index >= 15 is 0 Å². The smallest absolute Gasteiger partial charge is 0.240 e. The van der Waals surface area contributed by atoms with Gasteiger partial charge in [0.25, 0.3) is 0 Å². The van der Waals surface area contributed by atoms with Gasteiger partial charge in [-0.15, -0.1) is 0 Å². The molecule has 6 nitrogen and oxygen atoms in total. The van der Waals surface area contributed by atoms with Crippen LogP contribution < -0.4 is 15.5 Å². The summed E-state index contributed by atoms with van der Waals surface area (Å²) in [7, 11) is 0. The predicted octanol–water partition coefficient (Wildman–Crippen LogP) is 4.90. The van der Waals surface area contributed by atoms with Crippen LogP contribution in [0.4, 0.5) is 5.69 Å². The molecule has 0 bridgehead atoms. The van der Waals surface area contributed by atoms with Crippen LogP contribution in [0, 0.1) is 0 Å². The van der Waals surface area contributed by atoms with Crippen LogP contribution in [0.3, 0.4) is 0 Å². The van der Waals surface area contributed by atoms with Crippen LogP contribution in [-0.4, -0.2) is 18.0 Å². The second-order valence-corrected chi connectivity index (χ2v) is 7.58. The van der Waals surface area contributed by atoms with E-state index in [2.05, 4.69) is 31.8 Å². The molecule has 0 heterocycles. The van der Waals surface area contributed by atoms with Crippen LogP contribution in [0.25, 0.3) is 0 Å². The highest BCUT2D eigenvalue weighted by molar-refractivity contribution is 9.10. The van der Waals surface area contributed by atoms with Gasteiger partial charge in [0, 0.05) is 28.6 Å². The molecule has 0 unspecified atom stereocenters. The summed E-state index contributed by atoms with van der Waals surface area (Å²) >= 11 is 3.35. The van der Waals surface area contributed by atoms with E-state index in [4.69, 9.17) is 4.74 Å². The fourth-order valence-corrected chi connectivity index (χ4v) is 3.10. The maximum atomic E-state index is 12.0. The fourth-order valence-electron chi connectivity index (χ4n) is 2.70. The molecule has 0 aliphatic rings. The first kappa shape index (κ1) is 22.2. The molecule has 3 aromatic rings. The first-order chi connectivity index (χ1) is 15.1. The van der Waals surface area contributed by atoms with E-state index in [1.54, 1.807) is 12.1 Å². The molecule has 158 valence electrons. The topological polar surface area (TPSA) is 79.8 Å². The molecule has 0 atom stereocenters. The lowest BCUT2D eigenvalue weighted by Gasteiger charge is -2.09. The number of carbonyl (C=O) groups is 2. The summed E-state index contributed by atoms with van der Waals surface area (Å²) < 4.78 is 6.73. The van der Waals surface area contributed by atoms with Crippen molar-refractivity contribution in [3.8, 4) is 5.75 Å². The number of para-hydroxylation sites is 1. The largest absolute Gasteiger partial charge is 0.488 e. The molecular formula is C24H22BrN3O3. The molecule has 3 rings (SSSR count).